The van der Waals surface area contributed by atoms with Gasteiger partial charge in [-0.1, -0.05) is 18.2 Å². The summed E-state index contributed by atoms with van der Waals surface area (Å²) in [5, 5.41) is 2.27. The van der Waals surface area contributed by atoms with Crippen LogP contribution in [0.2, 0.25) is 0 Å². The van der Waals surface area contributed by atoms with Gasteiger partial charge in [-0.2, -0.15) is 0 Å². The molecule has 0 bridgehead atoms. The summed E-state index contributed by atoms with van der Waals surface area (Å²) in [4.78, 5) is 38.5. The minimum atomic E-state index is -0.857. The first-order chi connectivity index (χ1) is 9.18. The fraction of sp³-hybridized carbons (Fsp3) is 0.308. The highest BCUT2D eigenvalue weighted by molar-refractivity contribution is 6.15. The van der Waals surface area contributed by atoms with E-state index in [0.29, 0.717) is 18.7 Å². The monoisotopic (exact) mass is 259 g/mol. The summed E-state index contributed by atoms with van der Waals surface area (Å²) in [5.74, 6) is -0.528. The number of rotatable bonds is 2. The molecular formula is C13H13N3O3. The number of nitrogens with zero attached hydrogens (tertiary/aromatic N) is 2. The van der Waals surface area contributed by atoms with Crippen LogP contribution in [0.5, 0.6) is 0 Å². The molecule has 2 fully saturated rings. The number of likely N-dealkylation sites (tertiary alicyclic amines) is 1. The smallest absolute Gasteiger partial charge is 0.314 e. The largest absolute Gasteiger partial charge is 0.330 e. The van der Waals surface area contributed by atoms with Crippen LogP contribution < -0.4 is 10.2 Å². The molecule has 2 saturated heterocycles. The minimum Gasteiger partial charge on any atom is -0.314 e. The van der Waals surface area contributed by atoms with Crippen molar-refractivity contribution in [3.63, 3.8) is 0 Å². The van der Waals surface area contributed by atoms with Gasteiger partial charge in [0.25, 0.3) is 5.91 Å². The third kappa shape index (κ3) is 1.85. The van der Waals surface area contributed by atoms with E-state index in [4.69, 9.17) is 0 Å². The van der Waals surface area contributed by atoms with Crippen LogP contribution in [0.25, 0.3) is 0 Å². The molecule has 1 atom stereocenters. The van der Waals surface area contributed by atoms with Crippen molar-refractivity contribution in [3.8, 4) is 0 Å². The zero-order valence-electron chi connectivity index (χ0n) is 10.2. The maximum Gasteiger partial charge on any atom is 0.330 e. The Kier molecular flexibility index (Phi) is 2.70. The number of urea groups is 1. The van der Waals surface area contributed by atoms with Gasteiger partial charge >= 0.3 is 6.03 Å². The van der Waals surface area contributed by atoms with Crippen LogP contribution in [0.4, 0.5) is 10.5 Å². The average Bonchev–Trinajstić information content (AvgIpc) is 2.93. The molecule has 2 aliphatic rings. The van der Waals surface area contributed by atoms with E-state index in [0.717, 1.165) is 6.42 Å². The summed E-state index contributed by atoms with van der Waals surface area (Å²) in [5.41, 5.74) is 0.607. The number of para-hydroxylation sites is 1. The molecule has 2 heterocycles. The third-order valence-corrected chi connectivity index (χ3v) is 3.37. The SMILES string of the molecule is O=C1NC(=O)N(c2ccccc2)C1N1CCCC1=O. The van der Waals surface area contributed by atoms with Gasteiger partial charge in [0.2, 0.25) is 5.91 Å². The Labute approximate surface area is 110 Å². The van der Waals surface area contributed by atoms with E-state index in [9.17, 15) is 14.4 Å². The number of anilines is 1. The first-order valence-corrected chi connectivity index (χ1v) is 6.17. The zero-order valence-corrected chi connectivity index (χ0v) is 10.2. The van der Waals surface area contributed by atoms with E-state index in [1.54, 1.807) is 24.3 Å². The normalized spacial score (nSPS) is 23.2. The second-order valence-electron chi connectivity index (χ2n) is 4.56. The molecule has 1 N–H and O–H groups in total. The molecule has 1 unspecified atom stereocenters. The Hall–Kier alpha value is -2.37. The van der Waals surface area contributed by atoms with Crippen molar-refractivity contribution in [2.45, 2.75) is 19.0 Å². The van der Waals surface area contributed by atoms with Gasteiger partial charge in [-0.05, 0) is 18.6 Å². The predicted molar refractivity (Wildman–Crippen MR) is 67.2 cm³/mol. The van der Waals surface area contributed by atoms with Gasteiger partial charge in [-0.25, -0.2) is 4.79 Å². The third-order valence-electron chi connectivity index (χ3n) is 3.37. The highest BCUT2D eigenvalue weighted by atomic mass is 16.2. The van der Waals surface area contributed by atoms with Crippen LogP contribution >= 0.6 is 0 Å². The fourth-order valence-electron chi connectivity index (χ4n) is 2.51. The molecule has 0 spiro atoms. The van der Waals surface area contributed by atoms with Crippen molar-refractivity contribution < 1.29 is 14.4 Å². The zero-order chi connectivity index (χ0) is 13.4. The molecule has 6 heteroatoms. The number of carbonyl (C=O) groups is 3. The van der Waals surface area contributed by atoms with Gasteiger partial charge in [0, 0.05) is 18.7 Å². The molecule has 3 rings (SSSR count). The summed E-state index contributed by atoms with van der Waals surface area (Å²) in [6, 6.07) is 8.40. The molecule has 98 valence electrons. The summed E-state index contributed by atoms with van der Waals surface area (Å²) in [6.45, 7) is 0.507. The lowest BCUT2D eigenvalue weighted by molar-refractivity contribution is -0.135. The average molecular weight is 259 g/mol. The van der Waals surface area contributed by atoms with Gasteiger partial charge in [0.15, 0.2) is 6.17 Å². The molecule has 0 radical (unpaired) electrons. The molecular weight excluding hydrogens is 246 g/mol. The number of carbonyl (C=O) groups excluding carboxylic acids is 3. The summed E-state index contributed by atoms with van der Waals surface area (Å²) >= 11 is 0. The van der Waals surface area contributed by atoms with Crippen LogP contribution in [0.15, 0.2) is 30.3 Å². The number of hydrogen-bond donors (Lipinski definition) is 1. The van der Waals surface area contributed by atoms with Crippen molar-refractivity contribution in [2.75, 3.05) is 11.4 Å². The second-order valence-corrected chi connectivity index (χ2v) is 4.56. The van der Waals surface area contributed by atoms with E-state index in [-0.39, 0.29) is 5.91 Å². The van der Waals surface area contributed by atoms with Gasteiger partial charge in [0.1, 0.15) is 0 Å². The van der Waals surface area contributed by atoms with Gasteiger partial charge in [0.05, 0.1) is 0 Å². The Morgan fingerprint density at radius 2 is 1.84 bits per heavy atom. The maximum atomic E-state index is 11.9. The molecule has 4 amide bonds. The number of amides is 4. The molecule has 19 heavy (non-hydrogen) atoms. The molecule has 2 aliphatic heterocycles. The first kappa shape index (κ1) is 11.7. The molecule has 6 nitrogen and oxygen atoms in total. The highest BCUT2D eigenvalue weighted by Gasteiger charge is 2.45. The molecule has 0 aliphatic carbocycles. The topological polar surface area (TPSA) is 69.7 Å². The van der Waals surface area contributed by atoms with Gasteiger partial charge in [-0.3, -0.25) is 19.8 Å². The Bertz CT molecular complexity index is 543. The number of hydrogen-bond acceptors (Lipinski definition) is 3. The number of benzene rings is 1. The van der Waals surface area contributed by atoms with Crippen LogP contribution in [0, 0.1) is 0 Å². The van der Waals surface area contributed by atoms with Crippen LogP contribution in [-0.2, 0) is 9.59 Å². The van der Waals surface area contributed by atoms with Crippen molar-refractivity contribution in [1.82, 2.24) is 10.2 Å². The summed E-state index contributed by atoms with van der Waals surface area (Å²) in [7, 11) is 0. The molecule has 1 aromatic rings. The van der Waals surface area contributed by atoms with Crippen LogP contribution in [-0.4, -0.2) is 35.5 Å². The maximum absolute atomic E-state index is 11.9. The van der Waals surface area contributed by atoms with Crippen molar-refractivity contribution in [1.29, 1.82) is 0 Å². The number of imide groups is 1. The van der Waals surface area contributed by atoms with E-state index < -0.39 is 18.1 Å². The van der Waals surface area contributed by atoms with Crippen molar-refractivity contribution >= 4 is 23.5 Å². The van der Waals surface area contributed by atoms with Gasteiger partial charge in [-0.15, -0.1) is 0 Å². The van der Waals surface area contributed by atoms with E-state index in [1.165, 1.54) is 9.80 Å². The highest BCUT2D eigenvalue weighted by Crippen LogP contribution is 2.25. The lowest BCUT2D eigenvalue weighted by Gasteiger charge is -2.29. The van der Waals surface area contributed by atoms with E-state index in [1.807, 2.05) is 6.07 Å². The quantitative estimate of drug-likeness (QED) is 0.794. The minimum absolute atomic E-state index is 0.0872. The summed E-state index contributed by atoms with van der Waals surface area (Å²) < 4.78 is 0. The lowest BCUT2D eigenvalue weighted by Crippen LogP contribution is -2.49. The Morgan fingerprint density at radius 1 is 1.11 bits per heavy atom. The standard InChI is InChI=1S/C13H13N3O3/c17-10-7-4-8-15(10)12-11(18)14-13(19)16(12)9-5-2-1-3-6-9/h1-3,5-6,12H,4,7-8H2,(H,14,18,19). The molecule has 0 aromatic heterocycles. The predicted octanol–water partition coefficient (Wildman–Crippen LogP) is 0.691. The van der Waals surface area contributed by atoms with Gasteiger partial charge < -0.3 is 4.90 Å². The number of nitrogens with one attached hydrogen (secondary N) is 1. The van der Waals surface area contributed by atoms with Crippen LogP contribution in [0.1, 0.15) is 12.8 Å². The van der Waals surface area contributed by atoms with Crippen molar-refractivity contribution in [3.05, 3.63) is 30.3 Å². The second kappa shape index (κ2) is 4.38. The fourth-order valence-corrected chi connectivity index (χ4v) is 2.51. The van der Waals surface area contributed by atoms with Crippen molar-refractivity contribution in [2.24, 2.45) is 0 Å². The molecule has 0 saturated carbocycles. The first-order valence-electron chi connectivity index (χ1n) is 6.17. The lowest BCUT2D eigenvalue weighted by atomic mass is 10.2. The Balaban J connectivity index is 1.98. The van der Waals surface area contributed by atoms with E-state index >= 15 is 0 Å². The molecule has 1 aromatic carbocycles. The van der Waals surface area contributed by atoms with Crippen LogP contribution in [0.3, 0.4) is 0 Å². The summed E-state index contributed by atoms with van der Waals surface area (Å²) in [6.07, 6.45) is 0.296. The Morgan fingerprint density at radius 3 is 2.47 bits per heavy atom. The van der Waals surface area contributed by atoms with E-state index in [2.05, 4.69) is 5.32 Å².